The average Bonchev–Trinajstić information content (AvgIpc) is 3.19. The summed E-state index contributed by atoms with van der Waals surface area (Å²) in [6.45, 7) is 18.5. The number of carbonyl (C=O) groups is 7. The maximum absolute atomic E-state index is 13.2. The Kier molecular flexibility index (Phi) is 20.9. The smallest absolute Gasteiger partial charge is 0.336 e. The minimum atomic E-state index is -2.88. The molecule has 2 aliphatic carbocycles. The standard InChI is InChI=1S/C52H66O16/c1-31(17-13-19-33(3)21-23-37-35(5)45(59)39(25-49(37,7)8)67-43(57)29-51(65,47(61)62)27-41(53)54)15-11-12-16-32(2)18-14-20-34(4)22-24-38-36(6)46(60)40(26-50(38,9)10)68-44(58)30-52(66,48(63)64)28-42(55)56/h11-24,39-40,47,61-62,65-66H,25-30H2,1-10H3,(H,53,54)(H,55,56)(H,63,64)/b12-11+,17-13+,18-14+,23-21+,24-22+,31-15+,32-16+,33-19+,34-20+. The fourth-order valence-electron chi connectivity index (χ4n) is 7.62. The van der Waals surface area contributed by atoms with E-state index in [1.54, 1.807) is 13.8 Å². The molecule has 2 aliphatic rings. The molecule has 0 heterocycles. The fraction of sp³-hybridized carbons (Fsp3) is 0.442. The lowest BCUT2D eigenvalue weighted by molar-refractivity contribution is -0.204. The zero-order valence-corrected chi connectivity index (χ0v) is 40.4. The lowest BCUT2D eigenvalue weighted by Crippen LogP contribution is -2.47. The first-order valence-corrected chi connectivity index (χ1v) is 21.8. The third-order valence-electron chi connectivity index (χ3n) is 11.5. The van der Waals surface area contributed by atoms with Crippen molar-refractivity contribution in [1.82, 2.24) is 0 Å². The van der Waals surface area contributed by atoms with Gasteiger partial charge in [-0.25, -0.2) is 4.79 Å². The first-order valence-electron chi connectivity index (χ1n) is 21.8. The summed E-state index contributed by atoms with van der Waals surface area (Å²) in [4.78, 5) is 85.1. The summed E-state index contributed by atoms with van der Waals surface area (Å²) < 4.78 is 10.6. The van der Waals surface area contributed by atoms with E-state index in [0.29, 0.717) is 11.1 Å². The van der Waals surface area contributed by atoms with Gasteiger partial charge in [-0.1, -0.05) is 135 Å². The number of hydrogen-bond acceptors (Lipinski definition) is 13. The van der Waals surface area contributed by atoms with Gasteiger partial charge in [0.25, 0.3) is 0 Å². The number of carboxylic acids is 3. The number of esters is 2. The fourth-order valence-corrected chi connectivity index (χ4v) is 7.62. The number of carbonyl (C=O) groups excluding carboxylic acids is 4. The number of allylic oxidation sites excluding steroid dienone is 20. The maximum atomic E-state index is 13.2. The molecule has 0 bridgehead atoms. The topological polar surface area (TPSA) is 280 Å². The van der Waals surface area contributed by atoms with E-state index in [1.807, 2.05) is 140 Å². The van der Waals surface area contributed by atoms with Crippen LogP contribution in [0, 0.1) is 10.8 Å². The first-order chi connectivity index (χ1) is 31.3. The van der Waals surface area contributed by atoms with Gasteiger partial charge in [0.05, 0.1) is 25.7 Å². The second kappa shape index (κ2) is 24.6. The summed E-state index contributed by atoms with van der Waals surface area (Å²) in [7, 11) is 0. The van der Waals surface area contributed by atoms with Crippen LogP contribution in [0.3, 0.4) is 0 Å². The largest absolute Gasteiger partial charge is 0.481 e. The van der Waals surface area contributed by atoms with Crippen molar-refractivity contribution < 1.29 is 78.8 Å². The Hall–Kier alpha value is -6.33. The molecule has 0 aliphatic heterocycles. The van der Waals surface area contributed by atoms with Crippen LogP contribution < -0.4 is 0 Å². The number of rotatable bonds is 22. The summed E-state index contributed by atoms with van der Waals surface area (Å²) in [5, 5.41) is 66.7. The normalized spacial score (nSPS) is 21.7. The van der Waals surface area contributed by atoms with Crippen LogP contribution in [0.5, 0.6) is 0 Å². The van der Waals surface area contributed by atoms with E-state index in [0.717, 1.165) is 33.4 Å². The Labute approximate surface area is 397 Å². The molecule has 0 fully saturated rings. The number of Topliss-reactive ketones (excluding diaryl/α,β-unsaturated/α-hetero) is 2. The molecule has 0 saturated carbocycles. The minimum Gasteiger partial charge on any atom is -0.481 e. The van der Waals surface area contributed by atoms with Gasteiger partial charge in [0.15, 0.2) is 35.7 Å². The van der Waals surface area contributed by atoms with Gasteiger partial charge in [0, 0.05) is 12.8 Å². The van der Waals surface area contributed by atoms with E-state index < -0.39 is 108 Å². The highest BCUT2D eigenvalue weighted by Crippen LogP contribution is 2.42. The number of carboxylic acid groups (broad SMARTS) is 3. The first kappa shape index (κ1) is 57.8. The SMILES string of the molecule is CC1=C(/C=C/C(C)=C/C=C/C(C)=C/C=C/C=C(C)/C=C/C=C(C)/C=C/C2=C(C)C(=O)C(OC(=O)CC(O)(CC(=O)O)C(O)O)CC2(C)C)C(C)(C)CC(OC(=O)CC(O)(CC(=O)O)C(=O)O)C1=O. The van der Waals surface area contributed by atoms with Crippen molar-refractivity contribution in [3.63, 3.8) is 0 Å². The monoisotopic (exact) mass is 946 g/mol. The van der Waals surface area contributed by atoms with Crippen LogP contribution in [0.1, 0.15) is 108 Å². The molecule has 0 aromatic carbocycles. The Bertz CT molecular complexity index is 2330. The van der Waals surface area contributed by atoms with Gasteiger partial charge in [-0.3, -0.25) is 28.8 Å². The summed E-state index contributed by atoms with van der Waals surface area (Å²) in [6.07, 6.45) is 17.4. The number of aliphatic carboxylic acids is 3. The minimum absolute atomic E-state index is 0.0918. The third-order valence-corrected chi connectivity index (χ3v) is 11.5. The molecule has 0 radical (unpaired) electrons. The van der Waals surface area contributed by atoms with Gasteiger partial charge < -0.3 is 45.2 Å². The zero-order chi connectivity index (χ0) is 51.9. The van der Waals surface area contributed by atoms with Crippen LogP contribution in [0.15, 0.2) is 130 Å². The number of ketones is 2. The van der Waals surface area contributed by atoms with Crippen molar-refractivity contribution in [2.24, 2.45) is 10.8 Å². The Balaban J connectivity index is 2.02. The predicted molar refractivity (Wildman–Crippen MR) is 252 cm³/mol. The molecule has 0 amide bonds. The summed E-state index contributed by atoms with van der Waals surface area (Å²) in [5.41, 5.74) is -0.830. The quantitative estimate of drug-likeness (QED) is 0.0342. The van der Waals surface area contributed by atoms with E-state index in [-0.39, 0.29) is 12.8 Å². The van der Waals surface area contributed by atoms with Crippen LogP contribution in [0.2, 0.25) is 0 Å². The Morgan fingerprint density at radius 1 is 0.588 bits per heavy atom. The lowest BCUT2D eigenvalue weighted by Gasteiger charge is -2.36. The predicted octanol–water partition coefficient (Wildman–Crippen LogP) is 6.59. The maximum Gasteiger partial charge on any atom is 0.336 e. The van der Waals surface area contributed by atoms with Crippen molar-refractivity contribution >= 4 is 41.4 Å². The Morgan fingerprint density at radius 3 is 1.29 bits per heavy atom. The molecule has 4 unspecified atom stereocenters. The molecule has 7 N–H and O–H groups in total. The molecule has 0 spiro atoms. The Morgan fingerprint density at radius 2 is 0.941 bits per heavy atom. The highest BCUT2D eigenvalue weighted by atomic mass is 16.6. The molecule has 68 heavy (non-hydrogen) atoms. The average molecular weight is 947 g/mol. The number of aliphatic hydroxyl groups is 4. The number of ether oxygens (including phenoxy) is 2. The van der Waals surface area contributed by atoms with Gasteiger partial charge in [-0.2, -0.15) is 0 Å². The van der Waals surface area contributed by atoms with Crippen molar-refractivity contribution in [3.8, 4) is 0 Å². The summed E-state index contributed by atoms with van der Waals surface area (Å²) in [5.74, 6) is -8.32. The lowest BCUT2D eigenvalue weighted by atomic mass is 9.71. The molecule has 0 aromatic rings. The highest BCUT2D eigenvalue weighted by molar-refractivity contribution is 6.02. The second-order valence-corrected chi connectivity index (χ2v) is 18.7. The van der Waals surface area contributed by atoms with Crippen LogP contribution in [0.4, 0.5) is 0 Å². The zero-order valence-electron chi connectivity index (χ0n) is 40.4. The summed E-state index contributed by atoms with van der Waals surface area (Å²) in [6, 6.07) is 0. The highest BCUT2D eigenvalue weighted by Gasteiger charge is 2.46. The van der Waals surface area contributed by atoms with Crippen LogP contribution in [-0.4, -0.2) is 107 Å². The van der Waals surface area contributed by atoms with E-state index >= 15 is 0 Å². The van der Waals surface area contributed by atoms with Gasteiger partial charge >= 0.3 is 29.8 Å². The van der Waals surface area contributed by atoms with Gasteiger partial charge in [0.2, 0.25) is 0 Å². The van der Waals surface area contributed by atoms with Gasteiger partial charge in [0.1, 0.15) is 5.60 Å². The number of aliphatic hydroxyl groups excluding tert-OH is 1. The van der Waals surface area contributed by atoms with Crippen molar-refractivity contribution in [1.29, 1.82) is 0 Å². The molecule has 16 nitrogen and oxygen atoms in total. The molecule has 2 rings (SSSR count). The molecular formula is C52H66O16. The molecule has 16 heteroatoms. The molecule has 370 valence electrons. The molecule has 0 aromatic heterocycles. The van der Waals surface area contributed by atoms with Crippen LogP contribution in [0.25, 0.3) is 0 Å². The van der Waals surface area contributed by atoms with E-state index in [2.05, 4.69) is 0 Å². The van der Waals surface area contributed by atoms with E-state index in [1.165, 1.54) is 0 Å². The third kappa shape index (κ3) is 17.4. The van der Waals surface area contributed by atoms with E-state index in [9.17, 15) is 59.1 Å². The van der Waals surface area contributed by atoms with Gasteiger partial charge in [-0.05, 0) is 74.7 Å². The molecular weight excluding hydrogens is 881 g/mol. The van der Waals surface area contributed by atoms with E-state index in [4.69, 9.17) is 19.7 Å². The number of hydrogen-bond donors (Lipinski definition) is 7. The van der Waals surface area contributed by atoms with Crippen molar-refractivity contribution in [2.45, 2.75) is 137 Å². The van der Waals surface area contributed by atoms with Gasteiger partial charge in [-0.15, -0.1) is 0 Å². The van der Waals surface area contributed by atoms with Crippen molar-refractivity contribution in [2.75, 3.05) is 0 Å². The van der Waals surface area contributed by atoms with Crippen LogP contribution >= 0.6 is 0 Å². The summed E-state index contributed by atoms with van der Waals surface area (Å²) >= 11 is 0. The van der Waals surface area contributed by atoms with Crippen molar-refractivity contribution in [3.05, 3.63) is 130 Å². The van der Waals surface area contributed by atoms with Crippen LogP contribution in [-0.2, 0) is 43.0 Å². The molecule has 4 atom stereocenters. The second-order valence-electron chi connectivity index (χ2n) is 18.7. The molecule has 0 saturated heterocycles.